The maximum absolute atomic E-state index is 14.3. The minimum absolute atomic E-state index is 0.150. The molecule has 3 aromatic rings. The Morgan fingerprint density at radius 3 is 2.76 bits per heavy atom. The first-order chi connectivity index (χ1) is 14.0. The van der Waals surface area contributed by atoms with Crippen LogP contribution in [0.3, 0.4) is 0 Å². The van der Waals surface area contributed by atoms with Crippen molar-refractivity contribution in [3.8, 4) is 5.69 Å². The number of allylic oxidation sites excluding steroid dienone is 2. The highest BCUT2D eigenvalue weighted by molar-refractivity contribution is 6.14. The second-order valence-corrected chi connectivity index (χ2v) is 6.45. The van der Waals surface area contributed by atoms with Crippen LogP contribution in [0.1, 0.15) is 12.6 Å². The number of para-hydroxylation sites is 1. The van der Waals surface area contributed by atoms with Gasteiger partial charge in [0.25, 0.3) is 0 Å². The molecule has 0 saturated heterocycles. The molecule has 0 spiro atoms. The molecule has 144 valence electrons. The summed E-state index contributed by atoms with van der Waals surface area (Å²) in [6, 6.07) is 15.5. The number of nitrogens with zero attached hydrogens (tertiary/aromatic N) is 4. The van der Waals surface area contributed by atoms with Gasteiger partial charge in [-0.2, -0.15) is 10.2 Å². The Kier molecular flexibility index (Phi) is 4.78. The Hall–Kier alpha value is -4.00. The second kappa shape index (κ2) is 7.55. The molecule has 0 bridgehead atoms. The lowest BCUT2D eigenvalue weighted by atomic mass is 10.1. The lowest BCUT2D eigenvalue weighted by Crippen LogP contribution is -2.21. The van der Waals surface area contributed by atoms with Gasteiger partial charge in [-0.15, -0.1) is 0 Å². The number of rotatable bonds is 4. The van der Waals surface area contributed by atoms with Crippen LogP contribution in [0.15, 0.2) is 90.3 Å². The zero-order valence-electron chi connectivity index (χ0n) is 15.7. The summed E-state index contributed by atoms with van der Waals surface area (Å²) in [7, 11) is 0. The maximum atomic E-state index is 14.3. The van der Waals surface area contributed by atoms with Crippen molar-refractivity contribution in [2.24, 2.45) is 5.10 Å². The van der Waals surface area contributed by atoms with Gasteiger partial charge in [0.15, 0.2) is 0 Å². The SMILES string of the molecule is C=C1C=CN(c2cccc(NC(C)=O)c2)N=C1c1ccnn1-c1ccccc1F. The molecule has 0 atom stereocenters. The molecule has 0 unspecified atom stereocenters. The Morgan fingerprint density at radius 1 is 1.14 bits per heavy atom. The lowest BCUT2D eigenvalue weighted by molar-refractivity contribution is -0.114. The van der Waals surface area contributed by atoms with E-state index >= 15 is 0 Å². The van der Waals surface area contributed by atoms with E-state index < -0.39 is 0 Å². The van der Waals surface area contributed by atoms with Crippen LogP contribution < -0.4 is 10.3 Å². The molecule has 1 aliphatic rings. The normalized spacial score (nSPS) is 13.4. The minimum Gasteiger partial charge on any atom is -0.326 e. The third kappa shape index (κ3) is 3.70. The van der Waals surface area contributed by atoms with Crippen molar-refractivity contribution in [2.75, 3.05) is 10.3 Å². The molecular weight excluding hydrogens is 369 g/mol. The van der Waals surface area contributed by atoms with Gasteiger partial charge in [-0.3, -0.25) is 4.79 Å². The fourth-order valence-electron chi connectivity index (χ4n) is 3.03. The second-order valence-electron chi connectivity index (χ2n) is 6.45. The Labute approximate surface area is 167 Å². The van der Waals surface area contributed by atoms with E-state index in [0.717, 1.165) is 5.69 Å². The summed E-state index contributed by atoms with van der Waals surface area (Å²) in [6.45, 7) is 5.51. The van der Waals surface area contributed by atoms with E-state index in [0.29, 0.717) is 28.4 Å². The van der Waals surface area contributed by atoms with E-state index in [-0.39, 0.29) is 11.7 Å². The summed E-state index contributed by atoms with van der Waals surface area (Å²) < 4.78 is 15.8. The van der Waals surface area contributed by atoms with Crippen LogP contribution in [-0.4, -0.2) is 21.4 Å². The zero-order chi connectivity index (χ0) is 20.4. The number of carbonyl (C=O) groups is 1. The van der Waals surface area contributed by atoms with Crippen molar-refractivity contribution in [3.63, 3.8) is 0 Å². The van der Waals surface area contributed by atoms with Crippen LogP contribution >= 0.6 is 0 Å². The van der Waals surface area contributed by atoms with E-state index in [4.69, 9.17) is 0 Å². The molecule has 29 heavy (non-hydrogen) atoms. The lowest BCUT2D eigenvalue weighted by Gasteiger charge is -2.22. The molecule has 0 saturated carbocycles. The van der Waals surface area contributed by atoms with Gasteiger partial charge in [-0.1, -0.05) is 24.8 Å². The van der Waals surface area contributed by atoms with Crippen molar-refractivity contribution in [1.82, 2.24) is 9.78 Å². The van der Waals surface area contributed by atoms with Crippen LogP contribution in [0.25, 0.3) is 5.69 Å². The van der Waals surface area contributed by atoms with Gasteiger partial charge in [0.1, 0.15) is 17.2 Å². The van der Waals surface area contributed by atoms with Gasteiger partial charge in [-0.05, 0) is 48.0 Å². The van der Waals surface area contributed by atoms with E-state index in [1.54, 1.807) is 47.7 Å². The topological polar surface area (TPSA) is 62.5 Å². The number of halogens is 1. The third-order valence-corrected chi connectivity index (χ3v) is 4.33. The molecule has 1 N–H and O–H groups in total. The number of anilines is 2. The Morgan fingerprint density at radius 2 is 1.97 bits per heavy atom. The summed E-state index contributed by atoms with van der Waals surface area (Å²) in [4.78, 5) is 11.3. The van der Waals surface area contributed by atoms with Crippen LogP contribution in [0.5, 0.6) is 0 Å². The predicted octanol–water partition coefficient (Wildman–Crippen LogP) is 4.26. The molecule has 2 aromatic carbocycles. The highest BCUT2D eigenvalue weighted by Crippen LogP contribution is 2.26. The van der Waals surface area contributed by atoms with Gasteiger partial charge in [0, 0.05) is 18.8 Å². The molecular formula is C22H18FN5O. The van der Waals surface area contributed by atoms with Gasteiger partial charge < -0.3 is 5.32 Å². The van der Waals surface area contributed by atoms with Crippen LogP contribution in [0.2, 0.25) is 0 Å². The number of hydrogen-bond donors (Lipinski definition) is 1. The first kappa shape index (κ1) is 18.4. The molecule has 1 aromatic heterocycles. The fraction of sp³-hybridized carbons (Fsp3) is 0.0455. The van der Waals surface area contributed by atoms with E-state index in [9.17, 15) is 9.18 Å². The average molecular weight is 387 g/mol. The molecule has 0 aliphatic carbocycles. The Bertz CT molecular complexity index is 1160. The standard InChI is InChI=1S/C22H18FN5O/c1-15-11-13-27(18-7-5-6-17(14-18)25-16(2)29)26-22(15)21-10-12-24-28(21)20-9-4-3-8-19(20)23/h3-14H,1H2,2H3,(H,25,29). The molecule has 6 nitrogen and oxygen atoms in total. The van der Waals surface area contributed by atoms with Crippen molar-refractivity contribution < 1.29 is 9.18 Å². The number of nitrogens with one attached hydrogen (secondary N) is 1. The Balaban J connectivity index is 1.74. The molecule has 7 heteroatoms. The largest absolute Gasteiger partial charge is 0.326 e. The van der Waals surface area contributed by atoms with E-state index in [1.165, 1.54) is 17.7 Å². The summed E-state index contributed by atoms with van der Waals surface area (Å²) in [5.41, 5.74) is 3.62. The molecule has 0 radical (unpaired) electrons. The minimum atomic E-state index is -0.380. The maximum Gasteiger partial charge on any atom is 0.221 e. The van der Waals surface area contributed by atoms with Crippen LogP contribution in [-0.2, 0) is 4.79 Å². The first-order valence-electron chi connectivity index (χ1n) is 8.95. The summed E-state index contributed by atoms with van der Waals surface area (Å²) >= 11 is 0. The summed E-state index contributed by atoms with van der Waals surface area (Å²) in [5, 5.41) is 13.4. The number of benzene rings is 2. The van der Waals surface area contributed by atoms with Gasteiger partial charge in [0.05, 0.1) is 17.6 Å². The van der Waals surface area contributed by atoms with Gasteiger partial charge >= 0.3 is 0 Å². The van der Waals surface area contributed by atoms with Crippen molar-refractivity contribution in [3.05, 3.63) is 96.7 Å². The van der Waals surface area contributed by atoms with Crippen molar-refractivity contribution >= 4 is 23.0 Å². The highest BCUT2D eigenvalue weighted by atomic mass is 19.1. The third-order valence-electron chi connectivity index (χ3n) is 4.33. The number of hydrazone groups is 1. The quantitative estimate of drug-likeness (QED) is 0.727. The molecule has 1 aliphatic heterocycles. The van der Waals surface area contributed by atoms with Crippen molar-refractivity contribution in [1.29, 1.82) is 0 Å². The van der Waals surface area contributed by atoms with E-state index in [1.807, 2.05) is 24.3 Å². The molecule has 4 rings (SSSR count). The average Bonchev–Trinajstić information content (AvgIpc) is 3.18. The molecule has 0 fully saturated rings. The number of amides is 1. The first-order valence-corrected chi connectivity index (χ1v) is 8.95. The van der Waals surface area contributed by atoms with Gasteiger partial charge in [0.2, 0.25) is 5.91 Å². The highest BCUT2D eigenvalue weighted by Gasteiger charge is 2.20. The van der Waals surface area contributed by atoms with Gasteiger partial charge in [-0.25, -0.2) is 14.1 Å². The van der Waals surface area contributed by atoms with E-state index in [2.05, 4.69) is 22.1 Å². The smallest absolute Gasteiger partial charge is 0.221 e. The van der Waals surface area contributed by atoms with Crippen LogP contribution in [0, 0.1) is 5.82 Å². The summed E-state index contributed by atoms with van der Waals surface area (Å²) in [5.74, 6) is -0.530. The number of aromatic nitrogens is 2. The number of hydrogen-bond acceptors (Lipinski definition) is 4. The molecule has 2 heterocycles. The predicted molar refractivity (Wildman–Crippen MR) is 112 cm³/mol. The summed E-state index contributed by atoms with van der Waals surface area (Å²) in [6.07, 6.45) is 5.20. The monoisotopic (exact) mass is 387 g/mol. The van der Waals surface area contributed by atoms with Crippen LogP contribution in [0.4, 0.5) is 15.8 Å². The van der Waals surface area contributed by atoms with Crippen molar-refractivity contribution in [2.45, 2.75) is 6.92 Å². The number of carbonyl (C=O) groups excluding carboxylic acids is 1. The zero-order valence-corrected chi connectivity index (χ0v) is 15.7. The molecule has 1 amide bonds. The fourth-order valence-corrected chi connectivity index (χ4v) is 3.03.